The monoisotopic (exact) mass is 241 g/mol. The topological polar surface area (TPSA) is 55.8 Å². The van der Waals surface area contributed by atoms with Gasteiger partial charge in [-0.15, -0.1) is 5.92 Å². The third kappa shape index (κ3) is 5.81. The van der Waals surface area contributed by atoms with Crippen LogP contribution < -0.4 is 0 Å². The van der Waals surface area contributed by atoms with Gasteiger partial charge in [0.15, 0.2) is 6.61 Å². The highest BCUT2D eigenvalue weighted by Crippen LogP contribution is 2.01. The van der Waals surface area contributed by atoms with Gasteiger partial charge in [-0.3, -0.25) is 4.90 Å². The van der Waals surface area contributed by atoms with Gasteiger partial charge in [-0.2, -0.15) is 0 Å². The largest absolute Gasteiger partial charge is 0.464 e. The van der Waals surface area contributed by atoms with Crippen molar-refractivity contribution in [2.45, 2.75) is 33.2 Å². The smallest absolute Gasteiger partial charge is 0.411 e. The summed E-state index contributed by atoms with van der Waals surface area (Å²) in [4.78, 5) is 24.1. The molecule has 96 valence electrons. The average molecular weight is 241 g/mol. The molecule has 0 aliphatic rings. The number of carbonyl (C=O) groups excluding carboxylic acids is 2. The lowest BCUT2D eigenvalue weighted by atomic mass is 10.3. The number of likely N-dealkylation sites (N-methyl/N-ethyl adjacent to an activating group) is 1. The van der Waals surface area contributed by atoms with E-state index in [4.69, 9.17) is 9.47 Å². The van der Waals surface area contributed by atoms with E-state index in [2.05, 4.69) is 11.8 Å². The summed E-state index contributed by atoms with van der Waals surface area (Å²) in [5.74, 6) is 4.77. The van der Waals surface area contributed by atoms with Crippen molar-refractivity contribution in [3.05, 3.63) is 0 Å². The number of esters is 1. The first kappa shape index (κ1) is 15.3. The van der Waals surface area contributed by atoms with Crippen LogP contribution >= 0.6 is 0 Å². The van der Waals surface area contributed by atoms with Crippen LogP contribution in [0.5, 0.6) is 0 Å². The second-order valence-corrected chi connectivity index (χ2v) is 3.44. The molecule has 1 amide bonds. The lowest BCUT2D eigenvalue weighted by Crippen LogP contribution is -2.41. The van der Waals surface area contributed by atoms with Crippen LogP contribution in [0.3, 0.4) is 0 Å². The first-order valence-electron chi connectivity index (χ1n) is 5.50. The zero-order chi connectivity index (χ0) is 13.3. The molecule has 0 aromatic rings. The molecule has 0 fully saturated rings. The van der Waals surface area contributed by atoms with Gasteiger partial charge in [0.2, 0.25) is 0 Å². The highest BCUT2D eigenvalue weighted by Gasteiger charge is 2.24. The van der Waals surface area contributed by atoms with E-state index >= 15 is 0 Å². The Labute approximate surface area is 102 Å². The second kappa shape index (κ2) is 8.45. The van der Waals surface area contributed by atoms with Crippen molar-refractivity contribution in [3.63, 3.8) is 0 Å². The van der Waals surface area contributed by atoms with E-state index in [1.54, 1.807) is 13.8 Å². The maximum absolute atomic E-state index is 11.5. The molecule has 5 heteroatoms. The maximum atomic E-state index is 11.5. The highest BCUT2D eigenvalue weighted by molar-refractivity contribution is 5.80. The summed E-state index contributed by atoms with van der Waals surface area (Å²) >= 11 is 0. The minimum Gasteiger partial charge on any atom is -0.464 e. The number of rotatable bonds is 5. The van der Waals surface area contributed by atoms with E-state index < -0.39 is 18.1 Å². The SMILES string of the molecule is CC#CCOC(=O)N(C)C(C)C(=O)OCCC. The third-order valence-electron chi connectivity index (χ3n) is 2.10. The Morgan fingerprint density at radius 3 is 2.53 bits per heavy atom. The molecule has 0 aromatic carbocycles. The van der Waals surface area contributed by atoms with Crippen molar-refractivity contribution in [2.24, 2.45) is 0 Å². The number of nitrogens with zero attached hydrogens (tertiary/aromatic N) is 1. The molecule has 0 saturated carbocycles. The van der Waals surface area contributed by atoms with Crippen LogP contribution in [0, 0.1) is 11.8 Å². The molecular formula is C12H19NO4. The molecule has 1 atom stereocenters. The minimum absolute atomic E-state index is 0.0242. The van der Waals surface area contributed by atoms with Gasteiger partial charge in [0.1, 0.15) is 6.04 Å². The summed E-state index contributed by atoms with van der Waals surface area (Å²) in [5, 5.41) is 0. The maximum Gasteiger partial charge on any atom is 0.411 e. The first-order chi connectivity index (χ1) is 8.04. The minimum atomic E-state index is -0.663. The molecule has 0 aromatic heterocycles. The van der Waals surface area contributed by atoms with Crippen molar-refractivity contribution in [1.82, 2.24) is 4.90 Å². The van der Waals surface area contributed by atoms with Crippen LogP contribution in [0.2, 0.25) is 0 Å². The molecule has 0 radical (unpaired) electrons. The molecule has 0 heterocycles. The van der Waals surface area contributed by atoms with Gasteiger partial charge in [-0.05, 0) is 20.3 Å². The normalized spacial score (nSPS) is 10.8. The fourth-order valence-corrected chi connectivity index (χ4v) is 0.911. The van der Waals surface area contributed by atoms with Crippen LogP contribution in [0.25, 0.3) is 0 Å². The van der Waals surface area contributed by atoms with E-state index in [9.17, 15) is 9.59 Å². The standard InChI is InChI=1S/C12H19NO4/c1-5-7-9-17-12(15)13(4)10(3)11(14)16-8-6-2/h10H,6,8-9H2,1-4H3. The molecule has 1 unspecified atom stereocenters. The van der Waals surface area contributed by atoms with Crippen LogP contribution in [0.1, 0.15) is 27.2 Å². The van der Waals surface area contributed by atoms with E-state index in [0.29, 0.717) is 6.61 Å². The molecule has 0 aliphatic carbocycles. The van der Waals surface area contributed by atoms with Crippen LogP contribution in [-0.2, 0) is 14.3 Å². The zero-order valence-electron chi connectivity index (χ0n) is 10.8. The summed E-state index contributed by atoms with van der Waals surface area (Å²) in [7, 11) is 1.49. The number of hydrogen-bond donors (Lipinski definition) is 0. The Bertz CT molecular complexity index is 316. The van der Waals surface area contributed by atoms with Crippen LogP contribution in [-0.4, -0.2) is 43.3 Å². The number of carbonyl (C=O) groups is 2. The van der Waals surface area contributed by atoms with Gasteiger partial charge in [-0.25, -0.2) is 9.59 Å². The lowest BCUT2D eigenvalue weighted by Gasteiger charge is -2.22. The van der Waals surface area contributed by atoms with Gasteiger partial charge in [0, 0.05) is 7.05 Å². The molecule has 0 aliphatic heterocycles. The Morgan fingerprint density at radius 2 is 2.00 bits per heavy atom. The molecule has 17 heavy (non-hydrogen) atoms. The molecule has 5 nitrogen and oxygen atoms in total. The quantitative estimate of drug-likeness (QED) is 0.539. The Kier molecular flexibility index (Phi) is 7.61. The summed E-state index contributed by atoms with van der Waals surface area (Å²) in [5.41, 5.74) is 0. The number of ether oxygens (including phenoxy) is 2. The Hall–Kier alpha value is -1.70. The average Bonchev–Trinajstić information content (AvgIpc) is 2.34. The van der Waals surface area contributed by atoms with E-state index in [1.807, 2.05) is 6.92 Å². The first-order valence-corrected chi connectivity index (χ1v) is 5.50. The molecule has 0 bridgehead atoms. The van der Waals surface area contributed by atoms with Gasteiger partial charge in [0.05, 0.1) is 6.61 Å². The van der Waals surface area contributed by atoms with Crippen LogP contribution in [0.15, 0.2) is 0 Å². The van der Waals surface area contributed by atoms with Crippen molar-refractivity contribution < 1.29 is 19.1 Å². The van der Waals surface area contributed by atoms with Crippen LogP contribution in [0.4, 0.5) is 4.79 Å². The van der Waals surface area contributed by atoms with Gasteiger partial charge >= 0.3 is 12.1 Å². The molecule has 0 saturated heterocycles. The fourth-order valence-electron chi connectivity index (χ4n) is 0.911. The Balaban J connectivity index is 4.16. The predicted molar refractivity (Wildman–Crippen MR) is 63.3 cm³/mol. The van der Waals surface area contributed by atoms with E-state index in [1.165, 1.54) is 11.9 Å². The van der Waals surface area contributed by atoms with Crippen molar-refractivity contribution in [3.8, 4) is 11.8 Å². The molecule has 0 spiro atoms. The summed E-state index contributed by atoms with van der Waals surface area (Å²) in [6, 6.07) is -0.663. The third-order valence-corrected chi connectivity index (χ3v) is 2.10. The van der Waals surface area contributed by atoms with Gasteiger partial charge in [-0.1, -0.05) is 12.8 Å². The molecule has 0 N–H and O–H groups in total. The fraction of sp³-hybridized carbons (Fsp3) is 0.667. The van der Waals surface area contributed by atoms with Crippen molar-refractivity contribution in [1.29, 1.82) is 0 Å². The van der Waals surface area contributed by atoms with Crippen molar-refractivity contribution >= 4 is 12.1 Å². The second-order valence-electron chi connectivity index (χ2n) is 3.44. The predicted octanol–water partition coefficient (Wildman–Crippen LogP) is 1.42. The van der Waals surface area contributed by atoms with Crippen molar-refractivity contribution in [2.75, 3.05) is 20.3 Å². The Morgan fingerprint density at radius 1 is 1.35 bits per heavy atom. The van der Waals surface area contributed by atoms with Gasteiger partial charge in [0.25, 0.3) is 0 Å². The lowest BCUT2D eigenvalue weighted by molar-refractivity contribution is -0.148. The zero-order valence-corrected chi connectivity index (χ0v) is 10.8. The molecule has 0 rings (SSSR count). The number of hydrogen-bond acceptors (Lipinski definition) is 4. The van der Waals surface area contributed by atoms with E-state index in [0.717, 1.165) is 6.42 Å². The van der Waals surface area contributed by atoms with E-state index in [-0.39, 0.29) is 6.61 Å². The summed E-state index contributed by atoms with van der Waals surface area (Å²) in [6.45, 7) is 5.52. The number of amides is 1. The van der Waals surface area contributed by atoms with Gasteiger partial charge < -0.3 is 9.47 Å². The summed E-state index contributed by atoms with van der Waals surface area (Å²) in [6.07, 6.45) is 0.160. The summed E-state index contributed by atoms with van der Waals surface area (Å²) < 4.78 is 9.76. The molecular weight excluding hydrogens is 222 g/mol. The highest BCUT2D eigenvalue weighted by atomic mass is 16.6.